The molecule has 23 heavy (non-hydrogen) atoms. The minimum atomic E-state index is -0.265. The summed E-state index contributed by atoms with van der Waals surface area (Å²) in [6.45, 7) is 3.41. The number of amides is 2. The Morgan fingerprint density at radius 1 is 1.09 bits per heavy atom. The molecule has 1 aromatic rings. The number of benzene rings is 1. The van der Waals surface area contributed by atoms with Crippen molar-refractivity contribution in [2.45, 2.75) is 5.92 Å². The molecule has 0 aliphatic carbocycles. The zero-order chi connectivity index (χ0) is 16.2. The fourth-order valence-electron chi connectivity index (χ4n) is 2.83. The molecule has 2 aliphatic rings. The average molecular weight is 315 g/mol. The average Bonchev–Trinajstić information content (AvgIpc) is 2.55. The molecule has 2 aliphatic heterocycles. The topological polar surface area (TPSA) is 75.9 Å². The van der Waals surface area contributed by atoms with E-state index in [1.165, 1.54) is 11.6 Å². The Kier molecular flexibility index (Phi) is 4.62. The highest BCUT2D eigenvalue weighted by Gasteiger charge is 2.32. The van der Waals surface area contributed by atoms with Gasteiger partial charge in [-0.2, -0.15) is 0 Å². The predicted octanol–water partition coefficient (Wildman–Crippen LogP) is 0.314. The SMILES string of the molecule is NC(=CC(=O)N1CCOCC1)C(=O)N1CC(c2ccccc2)C1. The lowest BCUT2D eigenvalue weighted by molar-refractivity contribution is -0.133. The van der Waals surface area contributed by atoms with E-state index in [9.17, 15) is 9.59 Å². The maximum absolute atomic E-state index is 12.3. The van der Waals surface area contributed by atoms with Crippen molar-refractivity contribution in [3.63, 3.8) is 0 Å². The molecule has 2 fully saturated rings. The number of carbonyl (C=O) groups excluding carboxylic acids is 2. The number of nitrogens with zero attached hydrogens (tertiary/aromatic N) is 2. The van der Waals surface area contributed by atoms with Gasteiger partial charge in [-0.15, -0.1) is 0 Å². The van der Waals surface area contributed by atoms with Gasteiger partial charge in [0.1, 0.15) is 5.70 Å². The summed E-state index contributed by atoms with van der Waals surface area (Å²) < 4.78 is 5.20. The lowest BCUT2D eigenvalue weighted by Gasteiger charge is -2.39. The number of morpholine rings is 1. The lowest BCUT2D eigenvalue weighted by atomic mass is 9.91. The van der Waals surface area contributed by atoms with E-state index in [4.69, 9.17) is 10.5 Å². The van der Waals surface area contributed by atoms with Crippen LogP contribution in [0.2, 0.25) is 0 Å². The van der Waals surface area contributed by atoms with E-state index in [0.717, 1.165) is 0 Å². The van der Waals surface area contributed by atoms with Crippen LogP contribution in [0.5, 0.6) is 0 Å². The molecule has 122 valence electrons. The molecule has 0 bridgehead atoms. The smallest absolute Gasteiger partial charge is 0.269 e. The van der Waals surface area contributed by atoms with Gasteiger partial charge in [-0.3, -0.25) is 9.59 Å². The van der Waals surface area contributed by atoms with Crippen LogP contribution in [0.25, 0.3) is 0 Å². The molecule has 2 N–H and O–H groups in total. The summed E-state index contributed by atoms with van der Waals surface area (Å²) in [6, 6.07) is 10.1. The van der Waals surface area contributed by atoms with Crippen molar-refractivity contribution in [2.75, 3.05) is 39.4 Å². The first kappa shape index (κ1) is 15.6. The standard InChI is InChI=1S/C17H21N3O3/c18-15(10-16(21)19-6-8-23-9-7-19)17(22)20-11-14(12-20)13-4-2-1-3-5-13/h1-5,10,14H,6-9,11-12,18H2. The van der Waals surface area contributed by atoms with Crippen LogP contribution in [0.1, 0.15) is 11.5 Å². The van der Waals surface area contributed by atoms with Gasteiger partial charge in [0.15, 0.2) is 0 Å². The Labute approximate surface area is 135 Å². The molecule has 0 spiro atoms. The number of hydrogen-bond donors (Lipinski definition) is 1. The summed E-state index contributed by atoms with van der Waals surface area (Å²) in [4.78, 5) is 27.7. The van der Waals surface area contributed by atoms with Gasteiger partial charge in [0.05, 0.1) is 13.2 Å². The Morgan fingerprint density at radius 3 is 2.39 bits per heavy atom. The lowest BCUT2D eigenvalue weighted by Crippen LogP contribution is -2.50. The largest absolute Gasteiger partial charge is 0.394 e. The van der Waals surface area contributed by atoms with Crippen LogP contribution in [-0.4, -0.2) is 61.0 Å². The van der Waals surface area contributed by atoms with Crippen molar-refractivity contribution in [3.8, 4) is 0 Å². The first-order valence-electron chi connectivity index (χ1n) is 7.83. The van der Waals surface area contributed by atoms with Crippen LogP contribution in [0.15, 0.2) is 42.1 Å². The summed E-state index contributed by atoms with van der Waals surface area (Å²) in [5.74, 6) is -0.138. The Bertz CT molecular complexity index is 603. The van der Waals surface area contributed by atoms with Crippen molar-refractivity contribution < 1.29 is 14.3 Å². The van der Waals surface area contributed by atoms with Gasteiger partial charge in [0, 0.05) is 38.2 Å². The van der Waals surface area contributed by atoms with Crippen molar-refractivity contribution in [1.82, 2.24) is 9.80 Å². The number of hydrogen-bond acceptors (Lipinski definition) is 4. The maximum atomic E-state index is 12.3. The molecular weight excluding hydrogens is 294 g/mol. The van der Waals surface area contributed by atoms with Crippen LogP contribution in [-0.2, 0) is 14.3 Å². The fraction of sp³-hybridized carbons (Fsp3) is 0.412. The van der Waals surface area contributed by atoms with E-state index < -0.39 is 0 Å². The third kappa shape index (κ3) is 3.53. The molecule has 2 amide bonds. The molecule has 1 aromatic carbocycles. The van der Waals surface area contributed by atoms with Gasteiger partial charge in [-0.1, -0.05) is 30.3 Å². The number of nitrogens with two attached hydrogens (primary N) is 1. The van der Waals surface area contributed by atoms with Crippen LogP contribution < -0.4 is 5.73 Å². The highest BCUT2D eigenvalue weighted by Crippen LogP contribution is 2.27. The third-order valence-electron chi connectivity index (χ3n) is 4.29. The summed E-state index contributed by atoms with van der Waals surface area (Å²) in [5.41, 5.74) is 7.04. The minimum absolute atomic E-state index is 0.00741. The van der Waals surface area contributed by atoms with E-state index in [2.05, 4.69) is 12.1 Å². The molecule has 0 radical (unpaired) electrons. The van der Waals surface area contributed by atoms with Crippen molar-refractivity contribution >= 4 is 11.8 Å². The molecule has 0 unspecified atom stereocenters. The molecule has 6 heteroatoms. The van der Waals surface area contributed by atoms with E-state index in [0.29, 0.717) is 45.3 Å². The summed E-state index contributed by atoms with van der Waals surface area (Å²) in [5, 5.41) is 0. The molecule has 0 atom stereocenters. The summed E-state index contributed by atoms with van der Waals surface area (Å²) in [6.07, 6.45) is 1.24. The monoisotopic (exact) mass is 315 g/mol. The van der Waals surface area contributed by atoms with Crippen LogP contribution in [0.4, 0.5) is 0 Å². The highest BCUT2D eigenvalue weighted by atomic mass is 16.5. The predicted molar refractivity (Wildman–Crippen MR) is 85.4 cm³/mol. The molecule has 2 heterocycles. The van der Waals surface area contributed by atoms with Crippen LogP contribution >= 0.6 is 0 Å². The summed E-state index contributed by atoms with van der Waals surface area (Å²) >= 11 is 0. The summed E-state index contributed by atoms with van der Waals surface area (Å²) in [7, 11) is 0. The number of likely N-dealkylation sites (tertiary alicyclic amines) is 1. The Morgan fingerprint density at radius 2 is 1.74 bits per heavy atom. The molecule has 2 saturated heterocycles. The third-order valence-corrected chi connectivity index (χ3v) is 4.29. The quantitative estimate of drug-likeness (QED) is 0.815. The second-order valence-corrected chi connectivity index (χ2v) is 5.86. The molecular formula is C17H21N3O3. The van der Waals surface area contributed by atoms with Gasteiger partial charge in [0.25, 0.3) is 5.91 Å². The number of ether oxygens (including phenoxy) is 1. The normalized spacial score (nSPS) is 19.4. The minimum Gasteiger partial charge on any atom is -0.394 e. The van der Waals surface area contributed by atoms with Crippen LogP contribution in [0.3, 0.4) is 0 Å². The van der Waals surface area contributed by atoms with E-state index in [-0.39, 0.29) is 17.5 Å². The van der Waals surface area contributed by atoms with Crippen molar-refractivity contribution in [1.29, 1.82) is 0 Å². The van der Waals surface area contributed by atoms with Gasteiger partial charge >= 0.3 is 0 Å². The first-order chi connectivity index (χ1) is 11.1. The zero-order valence-corrected chi connectivity index (χ0v) is 13.0. The Hall–Kier alpha value is -2.34. The number of rotatable bonds is 3. The van der Waals surface area contributed by atoms with Crippen molar-refractivity contribution in [3.05, 3.63) is 47.7 Å². The number of carbonyl (C=O) groups is 2. The van der Waals surface area contributed by atoms with Gasteiger partial charge in [-0.05, 0) is 5.56 Å². The molecule has 0 aromatic heterocycles. The highest BCUT2D eigenvalue weighted by molar-refractivity contribution is 6.00. The maximum Gasteiger partial charge on any atom is 0.269 e. The zero-order valence-electron chi connectivity index (χ0n) is 13.0. The fourth-order valence-corrected chi connectivity index (χ4v) is 2.83. The molecule has 0 saturated carbocycles. The second kappa shape index (κ2) is 6.83. The van der Waals surface area contributed by atoms with Gasteiger partial charge in [-0.25, -0.2) is 0 Å². The van der Waals surface area contributed by atoms with Crippen molar-refractivity contribution in [2.24, 2.45) is 5.73 Å². The molecule has 3 rings (SSSR count). The second-order valence-electron chi connectivity index (χ2n) is 5.86. The van der Waals surface area contributed by atoms with Gasteiger partial charge < -0.3 is 20.3 Å². The van der Waals surface area contributed by atoms with E-state index in [1.807, 2.05) is 18.2 Å². The molecule has 6 nitrogen and oxygen atoms in total. The Balaban J connectivity index is 1.54. The van der Waals surface area contributed by atoms with E-state index in [1.54, 1.807) is 9.80 Å². The van der Waals surface area contributed by atoms with Crippen LogP contribution in [0, 0.1) is 0 Å². The van der Waals surface area contributed by atoms with Gasteiger partial charge in [0.2, 0.25) is 5.91 Å². The van der Waals surface area contributed by atoms with E-state index >= 15 is 0 Å². The first-order valence-corrected chi connectivity index (χ1v) is 7.83.